The lowest BCUT2D eigenvalue weighted by atomic mass is 10.1. The number of benzene rings is 1. The second kappa shape index (κ2) is 4.35. The molecule has 0 aliphatic heterocycles. The van der Waals surface area contributed by atoms with Gasteiger partial charge in [-0.3, -0.25) is 0 Å². The van der Waals surface area contributed by atoms with Gasteiger partial charge in [0.05, 0.1) is 0 Å². The Balaban J connectivity index is 2.98. The maximum absolute atomic E-state index is 10.9. The molecule has 2 atom stereocenters. The monoisotopic (exact) mass is 199 g/mol. The number of hydrogen-bond donors (Lipinski definition) is 2. The molecule has 70 valence electrons. The summed E-state index contributed by atoms with van der Waals surface area (Å²) in [5.41, 5.74) is 0.341. The van der Waals surface area contributed by atoms with E-state index in [2.05, 4.69) is 0 Å². The molecule has 0 aromatic heterocycles. The zero-order valence-electron chi connectivity index (χ0n) is 7.34. The molecule has 2 unspecified atom stereocenters. The van der Waals surface area contributed by atoms with Gasteiger partial charge >= 0.3 is 8.03 Å². The largest absolute Gasteiger partial charge is 0.513 e. The lowest BCUT2D eigenvalue weighted by Crippen LogP contribution is -1.90. The van der Waals surface area contributed by atoms with Crippen molar-refractivity contribution in [2.24, 2.45) is 0 Å². The molecule has 4 heteroatoms. The normalized spacial score (nSPS) is 13.8. The number of rotatable bonds is 3. The molecule has 1 aromatic carbocycles. The van der Waals surface area contributed by atoms with Crippen molar-refractivity contribution in [3.63, 3.8) is 0 Å². The van der Waals surface area contributed by atoms with Crippen LogP contribution in [-0.2, 0) is 4.57 Å². The minimum Gasteiger partial charge on any atom is -0.508 e. The Kier molecular flexibility index (Phi) is 3.40. The third-order valence-corrected chi connectivity index (χ3v) is 3.10. The Hall–Kier alpha value is -0.920. The average Bonchev–Trinajstić information content (AvgIpc) is 2.04. The van der Waals surface area contributed by atoms with E-state index in [0.29, 0.717) is 12.0 Å². The van der Waals surface area contributed by atoms with Crippen LogP contribution in [0.1, 0.15) is 24.6 Å². The molecule has 0 radical (unpaired) electrons. The van der Waals surface area contributed by atoms with E-state index >= 15 is 0 Å². The van der Waals surface area contributed by atoms with E-state index in [9.17, 15) is 4.57 Å². The summed E-state index contributed by atoms with van der Waals surface area (Å²) in [4.78, 5) is 8.98. The van der Waals surface area contributed by atoms with Gasteiger partial charge in [0.1, 0.15) is 5.75 Å². The summed E-state index contributed by atoms with van der Waals surface area (Å²) in [7, 11) is -2.21. The van der Waals surface area contributed by atoms with Crippen LogP contribution in [0.3, 0.4) is 0 Å². The second-order valence-electron chi connectivity index (χ2n) is 2.82. The van der Waals surface area contributed by atoms with Crippen LogP contribution in [0.5, 0.6) is 5.75 Å². The van der Waals surface area contributed by atoms with Crippen molar-refractivity contribution in [1.29, 1.82) is 0 Å². The van der Waals surface area contributed by atoms with Crippen molar-refractivity contribution in [3.8, 4) is 5.75 Å². The van der Waals surface area contributed by atoms with E-state index in [1.807, 2.05) is 6.92 Å². The SMILES string of the molecule is CCC(c1cccc(O)c1)[P+](=O)O. The van der Waals surface area contributed by atoms with Crippen LogP contribution in [0.4, 0.5) is 0 Å². The molecular weight excluding hydrogens is 187 g/mol. The van der Waals surface area contributed by atoms with Crippen molar-refractivity contribution in [2.75, 3.05) is 0 Å². The zero-order valence-corrected chi connectivity index (χ0v) is 8.24. The van der Waals surface area contributed by atoms with Crippen LogP contribution in [0.25, 0.3) is 0 Å². The third kappa shape index (κ3) is 2.51. The van der Waals surface area contributed by atoms with Crippen LogP contribution in [0.15, 0.2) is 24.3 Å². The molecule has 0 bridgehead atoms. The molecular formula is C9H12O3P+. The first-order valence-electron chi connectivity index (χ1n) is 4.09. The second-order valence-corrected chi connectivity index (χ2v) is 4.05. The van der Waals surface area contributed by atoms with Gasteiger partial charge in [-0.05, 0) is 23.1 Å². The van der Waals surface area contributed by atoms with Crippen LogP contribution in [0, 0.1) is 0 Å². The smallest absolute Gasteiger partial charge is 0.508 e. The summed E-state index contributed by atoms with van der Waals surface area (Å²) in [6.45, 7) is 1.85. The summed E-state index contributed by atoms with van der Waals surface area (Å²) in [5, 5.41) is 9.16. The number of phenols is 1. The minimum atomic E-state index is -2.21. The molecule has 0 saturated heterocycles. The van der Waals surface area contributed by atoms with E-state index in [-0.39, 0.29) is 11.4 Å². The van der Waals surface area contributed by atoms with Crippen LogP contribution in [-0.4, -0.2) is 10.00 Å². The molecule has 1 rings (SSSR count). The Bertz CT molecular complexity index is 311. The molecule has 3 nitrogen and oxygen atoms in total. The van der Waals surface area contributed by atoms with Crippen LogP contribution >= 0.6 is 8.03 Å². The van der Waals surface area contributed by atoms with Crippen molar-refractivity contribution in [3.05, 3.63) is 29.8 Å². The van der Waals surface area contributed by atoms with Gasteiger partial charge in [-0.15, -0.1) is 0 Å². The molecule has 0 amide bonds. The number of hydrogen-bond acceptors (Lipinski definition) is 2. The topological polar surface area (TPSA) is 57.5 Å². The van der Waals surface area contributed by atoms with Crippen LogP contribution in [0.2, 0.25) is 0 Å². The fraction of sp³-hybridized carbons (Fsp3) is 0.333. The average molecular weight is 199 g/mol. The van der Waals surface area contributed by atoms with E-state index in [0.717, 1.165) is 0 Å². The molecule has 0 saturated carbocycles. The van der Waals surface area contributed by atoms with Gasteiger partial charge in [-0.25, -0.2) is 0 Å². The molecule has 0 aliphatic rings. The van der Waals surface area contributed by atoms with Gasteiger partial charge < -0.3 is 5.11 Å². The fourth-order valence-corrected chi connectivity index (χ4v) is 1.98. The first-order chi connectivity index (χ1) is 6.15. The van der Waals surface area contributed by atoms with Gasteiger partial charge in [0.2, 0.25) is 5.66 Å². The molecule has 0 heterocycles. The number of aromatic hydroxyl groups is 1. The molecule has 2 N–H and O–H groups in total. The van der Waals surface area contributed by atoms with Crippen molar-refractivity contribution in [2.45, 2.75) is 19.0 Å². The van der Waals surface area contributed by atoms with Crippen LogP contribution < -0.4 is 0 Å². The molecule has 0 aliphatic carbocycles. The van der Waals surface area contributed by atoms with Gasteiger partial charge in [0.25, 0.3) is 0 Å². The Morgan fingerprint density at radius 2 is 2.23 bits per heavy atom. The first kappa shape index (κ1) is 10.2. The highest BCUT2D eigenvalue weighted by Gasteiger charge is 2.28. The third-order valence-electron chi connectivity index (χ3n) is 1.91. The molecule has 0 fully saturated rings. The van der Waals surface area contributed by atoms with Gasteiger partial charge in [0, 0.05) is 5.56 Å². The summed E-state index contributed by atoms with van der Waals surface area (Å²) in [6, 6.07) is 6.49. The summed E-state index contributed by atoms with van der Waals surface area (Å²) >= 11 is 0. The molecule has 13 heavy (non-hydrogen) atoms. The predicted octanol–water partition coefficient (Wildman–Crippen LogP) is 2.58. The highest BCUT2D eigenvalue weighted by atomic mass is 31.1. The maximum Gasteiger partial charge on any atom is 0.513 e. The van der Waals surface area contributed by atoms with Gasteiger partial charge in [0.15, 0.2) is 0 Å². The minimum absolute atomic E-state index is 0.132. The lowest BCUT2D eigenvalue weighted by molar-refractivity contribution is 0.472. The highest BCUT2D eigenvalue weighted by molar-refractivity contribution is 7.38. The summed E-state index contributed by atoms with van der Waals surface area (Å²) in [5.74, 6) is 0.132. The zero-order chi connectivity index (χ0) is 9.84. The number of phenolic OH excluding ortho intramolecular Hbond substituents is 1. The van der Waals surface area contributed by atoms with E-state index in [4.69, 9.17) is 10.00 Å². The van der Waals surface area contributed by atoms with Gasteiger partial charge in [-0.1, -0.05) is 19.1 Å². The molecule has 1 aromatic rings. The summed E-state index contributed by atoms with van der Waals surface area (Å²) in [6.07, 6.45) is 0.592. The van der Waals surface area contributed by atoms with E-state index in [1.165, 1.54) is 6.07 Å². The maximum atomic E-state index is 10.9. The highest BCUT2D eigenvalue weighted by Crippen LogP contribution is 2.40. The van der Waals surface area contributed by atoms with Crippen molar-refractivity contribution >= 4 is 8.03 Å². The van der Waals surface area contributed by atoms with Crippen molar-refractivity contribution in [1.82, 2.24) is 0 Å². The Morgan fingerprint density at radius 3 is 2.69 bits per heavy atom. The standard InChI is InChI=1S/C9H11O3P/c1-2-9(13(11)12)7-4-3-5-8(10)6-7/h3-6,9H,2H2,1H3,(H-,10,11,12)/p+1. The quantitative estimate of drug-likeness (QED) is 0.735. The predicted molar refractivity (Wildman–Crippen MR) is 51.0 cm³/mol. The summed E-state index contributed by atoms with van der Waals surface area (Å²) < 4.78 is 10.9. The molecule has 0 spiro atoms. The first-order valence-corrected chi connectivity index (χ1v) is 5.37. The van der Waals surface area contributed by atoms with Gasteiger partial charge in [-0.2, -0.15) is 4.89 Å². The fourth-order valence-electron chi connectivity index (χ4n) is 1.25. The van der Waals surface area contributed by atoms with E-state index < -0.39 is 8.03 Å². The van der Waals surface area contributed by atoms with E-state index in [1.54, 1.807) is 18.2 Å². The Morgan fingerprint density at radius 1 is 1.54 bits per heavy atom. The Labute approximate surface area is 77.9 Å². The van der Waals surface area contributed by atoms with Crippen molar-refractivity contribution < 1.29 is 14.6 Å². The lowest BCUT2D eigenvalue weighted by Gasteiger charge is -2.01.